The topological polar surface area (TPSA) is 0 Å². The molecule has 1 unspecified atom stereocenters. The summed E-state index contributed by atoms with van der Waals surface area (Å²) in [5.74, 6) is 0.101. The van der Waals surface area contributed by atoms with Crippen molar-refractivity contribution < 1.29 is 0 Å². The molecule has 0 bridgehead atoms. The number of hydrogen-bond acceptors (Lipinski definition) is 0. The Hall–Kier alpha value is -1.25. The van der Waals surface area contributed by atoms with Gasteiger partial charge in [0.1, 0.15) is 5.31 Å². The quantitative estimate of drug-likeness (QED) is 0.161. The van der Waals surface area contributed by atoms with E-state index in [0.29, 0.717) is 0 Å². The maximum atomic E-state index is 5.09. The first-order chi connectivity index (χ1) is 20.3. The van der Waals surface area contributed by atoms with Crippen molar-refractivity contribution in [1.29, 1.82) is 0 Å². The van der Waals surface area contributed by atoms with Crippen LogP contribution in [0.4, 0.5) is 0 Å². The Morgan fingerprint density at radius 2 is 1.21 bits per heavy atom. The second-order valence-corrected chi connectivity index (χ2v) is 18.8. The molecular formula is C38H43Br3P+. The number of hydrogen-bond donors (Lipinski definition) is 0. The minimum atomic E-state index is -1.46. The van der Waals surface area contributed by atoms with E-state index in [1.165, 1.54) is 94.9 Å². The van der Waals surface area contributed by atoms with Crippen LogP contribution in [0.15, 0.2) is 110 Å². The first kappa shape index (κ1) is 32.2. The lowest BCUT2D eigenvalue weighted by molar-refractivity contribution is 0.518. The van der Waals surface area contributed by atoms with Crippen LogP contribution in [-0.2, 0) is 5.41 Å². The Morgan fingerprint density at radius 1 is 0.714 bits per heavy atom. The molecule has 3 aromatic rings. The van der Waals surface area contributed by atoms with Crippen molar-refractivity contribution in [2.45, 2.75) is 64.7 Å². The predicted molar refractivity (Wildman–Crippen MR) is 198 cm³/mol. The lowest BCUT2D eigenvalue weighted by atomic mass is 9.61. The van der Waals surface area contributed by atoms with Crippen molar-refractivity contribution in [2.24, 2.45) is 5.92 Å². The molecule has 0 spiro atoms. The van der Waals surface area contributed by atoms with Gasteiger partial charge in [-0.25, -0.2) is 0 Å². The van der Waals surface area contributed by atoms with Crippen molar-refractivity contribution >= 4 is 55.1 Å². The summed E-state index contributed by atoms with van der Waals surface area (Å²) in [6.45, 7) is 12.1. The number of rotatable bonds is 12. The van der Waals surface area contributed by atoms with Crippen LogP contribution in [0.2, 0.25) is 0 Å². The van der Waals surface area contributed by atoms with E-state index in [1.807, 2.05) is 0 Å². The smallest absolute Gasteiger partial charge is 0.0912 e. The molecule has 0 radical (unpaired) electrons. The minimum absolute atomic E-state index is 0.101. The number of fused-ring (bicyclic) bond motifs is 3. The van der Waals surface area contributed by atoms with Crippen molar-refractivity contribution in [3.63, 3.8) is 0 Å². The molecule has 5 rings (SSSR count). The van der Waals surface area contributed by atoms with Gasteiger partial charge in [-0.05, 0) is 98.9 Å². The summed E-state index contributed by atoms with van der Waals surface area (Å²) in [6, 6.07) is 25.0. The zero-order chi connectivity index (χ0) is 29.9. The highest BCUT2D eigenvalue weighted by Gasteiger charge is 2.54. The second-order valence-electron chi connectivity index (χ2n) is 12.0. The van der Waals surface area contributed by atoms with Gasteiger partial charge in [-0.2, -0.15) is 0 Å². The van der Waals surface area contributed by atoms with Gasteiger partial charge in [0.05, 0.1) is 28.4 Å². The number of unbranched alkanes of at least 4 members (excludes halogenated alkanes) is 3. The van der Waals surface area contributed by atoms with E-state index in [0.717, 1.165) is 8.95 Å². The summed E-state index contributed by atoms with van der Waals surface area (Å²) < 4.78 is 3.52. The summed E-state index contributed by atoms with van der Waals surface area (Å²) >= 11 is 11.9. The zero-order valence-electron chi connectivity index (χ0n) is 25.2. The number of allylic oxidation sites excluding steroid dienone is 5. The maximum Gasteiger partial charge on any atom is 0.111 e. The summed E-state index contributed by atoms with van der Waals surface area (Å²) in [4.78, 5) is 0. The lowest BCUT2D eigenvalue weighted by Crippen LogP contribution is -2.38. The molecule has 0 N–H and O–H groups in total. The third kappa shape index (κ3) is 5.66. The lowest BCUT2D eigenvalue weighted by Gasteiger charge is -2.44. The fourth-order valence-electron chi connectivity index (χ4n) is 7.49. The van der Waals surface area contributed by atoms with Gasteiger partial charge in [0, 0.05) is 22.1 Å². The molecule has 4 heteroatoms. The van der Waals surface area contributed by atoms with E-state index in [9.17, 15) is 0 Å². The fourth-order valence-corrected chi connectivity index (χ4v) is 15.1. The van der Waals surface area contributed by atoms with Crippen molar-refractivity contribution in [2.75, 3.05) is 18.5 Å². The fraction of sp³-hybridized carbons (Fsp3) is 0.368. The molecule has 0 saturated heterocycles. The van der Waals surface area contributed by atoms with Crippen LogP contribution in [0.5, 0.6) is 0 Å². The monoisotopic (exact) mass is 767 g/mol. The van der Waals surface area contributed by atoms with E-state index in [1.54, 1.807) is 5.31 Å². The van der Waals surface area contributed by atoms with Crippen molar-refractivity contribution in [3.8, 4) is 11.1 Å². The largest absolute Gasteiger partial charge is 0.111 e. The Morgan fingerprint density at radius 3 is 1.69 bits per heavy atom. The van der Waals surface area contributed by atoms with Crippen molar-refractivity contribution in [1.82, 2.24) is 0 Å². The molecule has 3 aromatic carbocycles. The first-order valence-electron chi connectivity index (χ1n) is 15.6. The highest BCUT2D eigenvalue weighted by molar-refractivity contribution is 9.12. The van der Waals surface area contributed by atoms with E-state index in [-0.39, 0.29) is 11.3 Å². The number of benzene rings is 3. The molecule has 220 valence electrons. The molecule has 0 aliphatic heterocycles. The van der Waals surface area contributed by atoms with E-state index < -0.39 is 7.26 Å². The molecule has 0 heterocycles. The average molecular weight is 770 g/mol. The average Bonchev–Trinajstić information content (AvgIpc) is 3.27. The highest BCUT2D eigenvalue weighted by atomic mass is 79.9. The molecule has 0 amide bonds. The minimum Gasteiger partial charge on any atom is -0.0912 e. The van der Waals surface area contributed by atoms with E-state index in [4.69, 9.17) is 6.58 Å². The summed E-state index contributed by atoms with van der Waals surface area (Å²) in [6.07, 6.45) is 16.5. The molecule has 42 heavy (non-hydrogen) atoms. The Bertz CT molecular complexity index is 1430. The van der Waals surface area contributed by atoms with Crippen LogP contribution in [0.25, 0.3) is 11.1 Å². The summed E-state index contributed by atoms with van der Waals surface area (Å²) in [5, 5.41) is 1.58. The molecule has 1 atom stereocenters. The summed E-state index contributed by atoms with van der Waals surface area (Å²) in [5.41, 5.74) is 7.64. The third-order valence-electron chi connectivity index (χ3n) is 9.43. The van der Waals surface area contributed by atoms with Crippen LogP contribution in [-0.4, -0.2) is 18.5 Å². The third-order valence-corrected chi connectivity index (χ3v) is 16.4. The van der Waals surface area contributed by atoms with Crippen LogP contribution in [0.3, 0.4) is 0 Å². The molecular weight excluding hydrogens is 727 g/mol. The normalized spacial score (nSPS) is 17.5. The van der Waals surface area contributed by atoms with Crippen LogP contribution < -0.4 is 0 Å². The molecule has 0 aromatic heterocycles. The van der Waals surface area contributed by atoms with E-state index >= 15 is 0 Å². The SMILES string of the molecule is C=C1C([P+](CCCC)(CCCC)CCCC)=C(Br)C=CC1C1(c2ccccc2)c2cc(Br)ccc2-c2ccc(Br)cc21. The van der Waals surface area contributed by atoms with E-state index in [2.05, 4.69) is 147 Å². The molecule has 2 aliphatic rings. The van der Waals surface area contributed by atoms with Gasteiger partial charge < -0.3 is 0 Å². The summed E-state index contributed by atoms with van der Waals surface area (Å²) in [7, 11) is -1.46. The van der Waals surface area contributed by atoms with Gasteiger partial charge in [-0.3, -0.25) is 0 Å². The molecule has 0 saturated carbocycles. The maximum absolute atomic E-state index is 5.09. The molecule has 2 aliphatic carbocycles. The Labute approximate surface area is 279 Å². The Kier molecular flexibility index (Phi) is 10.6. The van der Waals surface area contributed by atoms with Crippen molar-refractivity contribution in [3.05, 3.63) is 126 Å². The van der Waals surface area contributed by atoms with Crippen LogP contribution in [0.1, 0.15) is 76.0 Å². The van der Waals surface area contributed by atoms with Gasteiger partial charge in [0.25, 0.3) is 0 Å². The number of halogens is 3. The molecule has 0 fully saturated rings. The van der Waals surface area contributed by atoms with Gasteiger partial charge in [0.15, 0.2) is 0 Å². The molecule has 0 nitrogen and oxygen atoms in total. The zero-order valence-corrected chi connectivity index (χ0v) is 30.9. The second kappa shape index (κ2) is 13.8. The van der Waals surface area contributed by atoms with Gasteiger partial charge in [-0.1, -0.05) is 127 Å². The standard InChI is InChI=1S/C38H43Br3P/c1-5-8-22-42(23-9-6-2,24-10-7-3)37-27(4)33(20-21-36(37)41)38(28-14-12-11-13-15-28)34-25-29(39)16-18-31(34)32-19-17-30(40)26-35(32)38/h11-21,25-26,33H,4-10,22-24H2,1-3H3/q+1. The van der Waals surface area contributed by atoms with Crippen LogP contribution in [0, 0.1) is 5.92 Å². The van der Waals surface area contributed by atoms with Crippen LogP contribution >= 0.6 is 55.1 Å². The van der Waals surface area contributed by atoms with Gasteiger partial charge in [-0.15, -0.1) is 0 Å². The Balaban J connectivity index is 1.79. The van der Waals surface area contributed by atoms with Gasteiger partial charge in [0.2, 0.25) is 0 Å². The first-order valence-corrected chi connectivity index (χ1v) is 20.4. The predicted octanol–water partition coefficient (Wildman–Crippen LogP) is 13.3. The highest BCUT2D eigenvalue weighted by Crippen LogP contribution is 2.73. The van der Waals surface area contributed by atoms with Gasteiger partial charge >= 0.3 is 0 Å².